The van der Waals surface area contributed by atoms with Crippen molar-refractivity contribution in [3.05, 3.63) is 0 Å². The Morgan fingerprint density at radius 2 is 1.44 bits per heavy atom. The van der Waals surface area contributed by atoms with Crippen LogP contribution in [-0.4, -0.2) is 16.9 Å². The minimum atomic E-state index is -0.762. The highest BCUT2D eigenvalue weighted by Crippen LogP contribution is 2.23. The van der Waals surface area contributed by atoms with E-state index in [0.717, 1.165) is 5.16 Å². The summed E-state index contributed by atoms with van der Waals surface area (Å²) in [6.45, 7) is 14.8. The molecule has 0 saturated carbocycles. The molecule has 0 bridgehead atoms. The summed E-state index contributed by atoms with van der Waals surface area (Å²) in [4.78, 5) is 0. The highest BCUT2D eigenvalue weighted by molar-refractivity contribution is 6.89. The number of hydrogen-bond donors (Lipinski definition) is 0. The van der Waals surface area contributed by atoms with Gasteiger partial charge in [0.2, 0.25) is 0 Å². The monoisotopic (exact) mass is 160 g/mol. The first-order valence-electron chi connectivity index (χ1n) is 3.85. The van der Waals surface area contributed by atoms with E-state index in [4.69, 9.17) is 0 Å². The van der Waals surface area contributed by atoms with Crippen LogP contribution in [0.15, 0.2) is 0 Å². The van der Waals surface area contributed by atoms with E-state index in [1.165, 1.54) is 0 Å². The molecule has 9 heavy (non-hydrogen) atoms. The molecule has 0 aromatic heterocycles. The fraction of sp³-hybridized carbons (Fsp3) is 1.00. The van der Waals surface area contributed by atoms with E-state index >= 15 is 0 Å². The molecule has 0 aromatic carbocycles. The summed E-state index contributed by atoms with van der Waals surface area (Å²) in [5.74, 6) is 0. The second kappa shape index (κ2) is 3.01. The van der Waals surface area contributed by atoms with Crippen LogP contribution < -0.4 is 0 Å². The minimum Gasteiger partial charge on any atom is -0.0722 e. The van der Waals surface area contributed by atoms with E-state index in [-0.39, 0.29) is 8.80 Å². The van der Waals surface area contributed by atoms with Crippen LogP contribution in [-0.2, 0) is 0 Å². The molecule has 1 atom stereocenters. The van der Waals surface area contributed by atoms with Crippen LogP contribution in [0.25, 0.3) is 0 Å². The zero-order valence-corrected chi connectivity index (χ0v) is 9.81. The summed E-state index contributed by atoms with van der Waals surface area (Å²) in [6, 6.07) is 0. The van der Waals surface area contributed by atoms with Gasteiger partial charge >= 0.3 is 0 Å². The molecule has 56 valence electrons. The molecular formula is C7H20Si2. The summed E-state index contributed by atoms with van der Waals surface area (Å²) in [5.41, 5.74) is 0. The SMILES string of the molecule is CC([SiH](C)C)[Si](C)(C)C. The smallest absolute Gasteiger partial charge is 0.0442 e. The maximum Gasteiger partial charge on any atom is 0.0442 e. The molecule has 0 saturated heterocycles. The van der Waals surface area contributed by atoms with Crippen LogP contribution in [0.1, 0.15) is 6.92 Å². The van der Waals surface area contributed by atoms with Crippen molar-refractivity contribution in [3.63, 3.8) is 0 Å². The Morgan fingerprint density at radius 3 is 1.44 bits per heavy atom. The average molecular weight is 160 g/mol. The van der Waals surface area contributed by atoms with Crippen molar-refractivity contribution in [3.8, 4) is 0 Å². The zero-order chi connectivity index (χ0) is 7.65. The van der Waals surface area contributed by atoms with Gasteiger partial charge in [-0.2, -0.15) is 0 Å². The standard InChI is InChI=1S/C7H20Si2/c1-7(8(2)3)9(4,5)6/h7-8H,1-6H3. The molecule has 0 fully saturated rings. The summed E-state index contributed by atoms with van der Waals surface area (Å²) >= 11 is 0. The molecule has 2 heteroatoms. The Balaban J connectivity index is 3.88. The zero-order valence-electron chi connectivity index (χ0n) is 7.65. The summed E-state index contributed by atoms with van der Waals surface area (Å²) < 4.78 is 0. The fourth-order valence-corrected chi connectivity index (χ4v) is 9.00. The van der Waals surface area contributed by atoms with E-state index in [9.17, 15) is 0 Å². The summed E-state index contributed by atoms with van der Waals surface area (Å²) in [5, 5.41) is 1.09. The lowest BCUT2D eigenvalue weighted by Gasteiger charge is -2.27. The molecule has 0 heterocycles. The van der Waals surface area contributed by atoms with Crippen molar-refractivity contribution in [2.24, 2.45) is 0 Å². The van der Waals surface area contributed by atoms with Gasteiger partial charge in [-0.1, -0.05) is 44.8 Å². The molecule has 0 rings (SSSR count). The van der Waals surface area contributed by atoms with Gasteiger partial charge in [0.25, 0.3) is 0 Å². The van der Waals surface area contributed by atoms with E-state index in [2.05, 4.69) is 39.7 Å². The van der Waals surface area contributed by atoms with Gasteiger partial charge in [-0.3, -0.25) is 0 Å². The van der Waals surface area contributed by atoms with Crippen LogP contribution in [0.5, 0.6) is 0 Å². The Labute approximate surface area is 62.3 Å². The largest absolute Gasteiger partial charge is 0.0722 e. The Bertz CT molecular complexity index is 81.4. The van der Waals surface area contributed by atoms with Gasteiger partial charge in [-0.15, -0.1) is 0 Å². The van der Waals surface area contributed by atoms with Crippen LogP contribution in [0, 0.1) is 0 Å². The Kier molecular flexibility index (Phi) is 3.16. The van der Waals surface area contributed by atoms with Crippen molar-refractivity contribution < 1.29 is 0 Å². The summed E-state index contributed by atoms with van der Waals surface area (Å²) in [7, 11) is -1.09. The average Bonchev–Trinajstić information content (AvgIpc) is 1.62. The van der Waals surface area contributed by atoms with Gasteiger partial charge in [-0.05, 0) is 0 Å². The van der Waals surface area contributed by atoms with Crippen LogP contribution in [0.4, 0.5) is 0 Å². The van der Waals surface area contributed by atoms with Gasteiger partial charge < -0.3 is 0 Å². The van der Waals surface area contributed by atoms with Crippen molar-refractivity contribution >= 4 is 16.9 Å². The molecule has 0 aliphatic rings. The molecule has 0 aliphatic heterocycles. The molecule has 0 aromatic rings. The molecule has 0 spiro atoms. The second-order valence-electron chi connectivity index (χ2n) is 4.40. The first-order chi connectivity index (χ1) is 3.85. The molecule has 1 unspecified atom stereocenters. The quantitative estimate of drug-likeness (QED) is 0.545. The molecular weight excluding hydrogens is 140 g/mol. The van der Waals surface area contributed by atoms with E-state index in [0.29, 0.717) is 0 Å². The first kappa shape index (κ1) is 9.43. The van der Waals surface area contributed by atoms with Crippen molar-refractivity contribution in [2.75, 3.05) is 0 Å². The number of hydrogen-bond acceptors (Lipinski definition) is 0. The Hall–Kier alpha value is 0.434. The van der Waals surface area contributed by atoms with Crippen molar-refractivity contribution in [1.82, 2.24) is 0 Å². The van der Waals surface area contributed by atoms with Crippen molar-refractivity contribution in [2.45, 2.75) is 44.8 Å². The molecule has 0 nitrogen and oxygen atoms in total. The lowest BCUT2D eigenvalue weighted by molar-refractivity contribution is 1.21. The maximum absolute atomic E-state index is 2.48. The highest BCUT2D eigenvalue weighted by atomic mass is 28.4. The van der Waals surface area contributed by atoms with Gasteiger partial charge in [-0.25, -0.2) is 0 Å². The molecule has 0 radical (unpaired) electrons. The third kappa shape index (κ3) is 3.21. The normalized spacial score (nSPS) is 16.3. The predicted molar refractivity (Wildman–Crippen MR) is 51.6 cm³/mol. The third-order valence-corrected chi connectivity index (χ3v) is 12.1. The second-order valence-corrected chi connectivity index (χ2v) is 14.2. The Morgan fingerprint density at radius 1 is 1.11 bits per heavy atom. The number of rotatable bonds is 2. The van der Waals surface area contributed by atoms with Crippen LogP contribution in [0.2, 0.25) is 37.9 Å². The maximum atomic E-state index is 2.48. The summed E-state index contributed by atoms with van der Waals surface area (Å²) in [6.07, 6.45) is 0. The van der Waals surface area contributed by atoms with E-state index < -0.39 is 8.07 Å². The first-order valence-corrected chi connectivity index (χ1v) is 10.4. The van der Waals surface area contributed by atoms with Crippen LogP contribution in [0.3, 0.4) is 0 Å². The third-order valence-electron chi connectivity index (χ3n) is 2.37. The molecule has 0 amide bonds. The predicted octanol–water partition coefficient (Wildman–Crippen LogP) is 2.74. The van der Waals surface area contributed by atoms with Gasteiger partial charge in [0.1, 0.15) is 0 Å². The lowest BCUT2D eigenvalue weighted by atomic mass is 10.9. The fourth-order valence-electron chi connectivity index (χ4n) is 1.00. The molecule has 0 N–H and O–H groups in total. The minimum absolute atomic E-state index is 0.328. The van der Waals surface area contributed by atoms with E-state index in [1.807, 2.05) is 0 Å². The highest BCUT2D eigenvalue weighted by Gasteiger charge is 2.24. The van der Waals surface area contributed by atoms with Crippen LogP contribution >= 0.6 is 0 Å². The lowest BCUT2D eigenvalue weighted by Crippen LogP contribution is -2.33. The van der Waals surface area contributed by atoms with E-state index in [1.54, 1.807) is 0 Å². The van der Waals surface area contributed by atoms with Gasteiger partial charge in [0.05, 0.1) is 0 Å². The van der Waals surface area contributed by atoms with Gasteiger partial charge in [0.15, 0.2) is 0 Å². The topological polar surface area (TPSA) is 0 Å². The van der Waals surface area contributed by atoms with Crippen molar-refractivity contribution in [1.29, 1.82) is 0 Å². The molecule has 0 aliphatic carbocycles. The van der Waals surface area contributed by atoms with Gasteiger partial charge in [0, 0.05) is 16.9 Å².